The van der Waals surface area contributed by atoms with Crippen molar-refractivity contribution in [2.24, 2.45) is 0 Å². The summed E-state index contributed by atoms with van der Waals surface area (Å²) in [5.74, 6) is -0.847. The summed E-state index contributed by atoms with van der Waals surface area (Å²) in [5.41, 5.74) is 0.307. The van der Waals surface area contributed by atoms with Gasteiger partial charge in [-0.2, -0.15) is 18.3 Å². The smallest absolute Gasteiger partial charge is 0.348 e. The number of halogens is 4. The molecule has 0 aliphatic carbocycles. The Hall–Kier alpha value is -2.84. The molecule has 0 saturated heterocycles. The highest BCUT2D eigenvalue weighted by atomic mass is 35.5. The van der Waals surface area contributed by atoms with Crippen LogP contribution in [0.2, 0.25) is 5.02 Å². The van der Waals surface area contributed by atoms with Crippen molar-refractivity contribution in [1.29, 1.82) is 0 Å². The second-order valence-electron chi connectivity index (χ2n) is 7.26. The lowest BCUT2D eigenvalue weighted by molar-refractivity contribution is -0.143. The normalized spacial score (nSPS) is 11.7. The van der Waals surface area contributed by atoms with Crippen molar-refractivity contribution in [2.45, 2.75) is 33.1 Å². The van der Waals surface area contributed by atoms with Crippen LogP contribution in [0.1, 0.15) is 41.0 Å². The Morgan fingerprint density at radius 1 is 1.09 bits per heavy atom. The molecule has 0 aliphatic rings. The van der Waals surface area contributed by atoms with Gasteiger partial charge in [-0.15, -0.1) is 0 Å². The van der Waals surface area contributed by atoms with Crippen LogP contribution in [-0.4, -0.2) is 33.7 Å². The van der Waals surface area contributed by atoms with Gasteiger partial charge >= 0.3 is 6.18 Å². The van der Waals surface area contributed by atoms with E-state index in [1.165, 1.54) is 18.2 Å². The number of carbonyl (C=O) groups is 1. The number of carbonyl (C=O) groups excluding carboxylic acids is 1. The first-order valence-corrected chi connectivity index (χ1v) is 10.6. The van der Waals surface area contributed by atoms with Crippen LogP contribution in [0.15, 0.2) is 54.7 Å². The first kappa shape index (κ1) is 23.8. The van der Waals surface area contributed by atoms with Crippen molar-refractivity contribution >= 4 is 17.5 Å². The quantitative estimate of drug-likeness (QED) is 0.491. The summed E-state index contributed by atoms with van der Waals surface area (Å²) >= 11 is 5.91. The van der Waals surface area contributed by atoms with Crippen LogP contribution in [0.5, 0.6) is 0 Å². The van der Waals surface area contributed by atoms with E-state index in [9.17, 15) is 18.0 Å². The minimum Gasteiger partial charge on any atom is -0.348 e. The lowest BCUT2D eigenvalue weighted by Gasteiger charge is -2.18. The van der Waals surface area contributed by atoms with Gasteiger partial charge < -0.3 is 5.32 Å². The van der Waals surface area contributed by atoms with E-state index in [0.717, 1.165) is 37.0 Å². The number of alkyl halides is 3. The highest BCUT2D eigenvalue weighted by molar-refractivity contribution is 6.30. The van der Waals surface area contributed by atoms with Crippen molar-refractivity contribution in [3.63, 3.8) is 0 Å². The molecule has 1 N–H and O–H groups in total. The Morgan fingerprint density at radius 2 is 1.78 bits per heavy atom. The number of benzene rings is 2. The summed E-state index contributed by atoms with van der Waals surface area (Å²) in [4.78, 5) is 14.9. The molecule has 170 valence electrons. The lowest BCUT2D eigenvalue weighted by atomic mass is 10.1. The monoisotopic (exact) mass is 464 g/mol. The molecule has 0 unspecified atom stereocenters. The van der Waals surface area contributed by atoms with Crippen molar-refractivity contribution in [2.75, 3.05) is 13.1 Å². The Labute approximate surface area is 189 Å². The first-order chi connectivity index (χ1) is 15.2. The topological polar surface area (TPSA) is 50.2 Å². The second-order valence-corrected chi connectivity index (χ2v) is 7.70. The molecular formula is C23H24ClF3N4O. The molecule has 0 bridgehead atoms. The molecule has 9 heteroatoms. The molecule has 0 atom stereocenters. The predicted molar refractivity (Wildman–Crippen MR) is 118 cm³/mol. The van der Waals surface area contributed by atoms with Crippen molar-refractivity contribution in [3.8, 4) is 5.69 Å². The van der Waals surface area contributed by atoms with E-state index >= 15 is 0 Å². The second kappa shape index (κ2) is 10.2. The van der Waals surface area contributed by atoms with E-state index in [4.69, 9.17) is 11.6 Å². The van der Waals surface area contributed by atoms with Crippen LogP contribution < -0.4 is 5.32 Å². The van der Waals surface area contributed by atoms with Crippen LogP contribution >= 0.6 is 11.6 Å². The zero-order valence-electron chi connectivity index (χ0n) is 17.8. The number of rotatable bonds is 8. The van der Waals surface area contributed by atoms with Gasteiger partial charge in [-0.25, -0.2) is 4.68 Å². The maximum absolute atomic E-state index is 13.8. The molecular weight excluding hydrogens is 441 g/mol. The number of amides is 1. The number of hydrogen-bond acceptors (Lipinski definition) is 3. The zero-order chi connectivity index (χ0) is 23.3. The van der Waals surface area contributed by atoms with Gasteiger partial charge in [-0.3, -0.25) is 9.69 Å². The van der Waals surface area contributed by atoms with Gasteiger partial charge in [0.05, 0.1) is 17.4 Å². The fourth-order valence-corrected chi connectivity index (χ4v) is 3.60. The highest BCUT2D eigenvalue weighted by Crippen LogP contribution is 2.34. The summed E-state index contributed by atoms with van der Waals surface area (Å²) in [7, 11) is 0. The standard InChI is InChI=1S/C23H24ClF3N4O/c1-3-30(4-2)15-17-8-5-7-16(11-17)13-28-22(32)20-14-29-31(21(20)23(25,26)27)19-10-6-9-18(24)12-19/h5-12,14H,3-4,13,15H2,1-2H3,(H,28,32). The Bertz CT molecular complexity index is 1080. The average molecular weight is 465 g/mol. The minimum absolute atomic E-state index is 0.102. The molecule has 1 aromatic heterocycles. The van der Waals surface area contributed by atoms with Gasteiger partial charge in [0.15, 0.2) is 5.69 Å². The fraction of sp³-hybridized carbons (Fsp3) is 0.304. The third-order valence-corrected chi connectivity index (χ3v) is 5.32. The van der Waals surface area contributed by atoms with Crippen LogP contribution in [0.25, 0.3) is 5.69 Å². The largest absolute Gasteiger partial charge is 0.434 e. The number of aromatic nitrogens is 2. The Morgan fingerprint density at radius 3 is 2.44 bits per heavy atom. The third kappa shape index (κ3) is 5.69. The number of nitrogens with zero attached hydrogens (tertiary/aromatic N) is 3. The maximum Gasteiger partial charge on any atom is 0.434 e. The molecule has 0 saturated carbocycles. The predicted octanol–water partition coefficient (Wildman–Crippen LogP) is 5.32. The first-order valence-electron chi connectivity index (χ1n) is 10.2. The summed E-state index contributed by atoms with van der Waals surface area (Å²) in [6, 6.07) is 13.5. The average Bonchev–Trinajstić information content (AvgIpc) is 3.22. The molecule has 5 nitrogen and oxygen atoms in total. The summed E-state index contributed by atoms with van der Waals surface area (Å²) < 4.78 is 42.1. The Kier molecular flexibility index (Phi) is 7.58. The van der Waals surface area contributed by atoms with Gasteiger partial charge in [0, 0.05) is 18.1 Å². The van der Waals surface area contributed by atoms with E-state index < -0.39 is 23.3 Å². The SMILES string of the molecule is CCN(CC)Cc1cccc(CNC(=O)c2cnn(-c3cccc(Cl)c3)c2C(F)(F)F)c1. The lowest BCUT2D eigenvalue weighted by Crippen LogP contribution is -2.26. The summed E-state index contributed by atoms with van der Waals surface area (Å²) in [6.07, 6.45) is -3.86. The number of hydrogen-bond donors (Lipinski definition) is 1. The molecule has 32 heavy (non-hydrogen) atoms. The van der Waals surface area contributed by atoms with Crippen LogP contribution in [0.4, 0.5) is 13.2 Å². The molecule has 3 rings (SSSR count). The number of nitrogens with one attached hydrogen (secondary N) is 1. The molecule has 0 radical (unpaired) electrons. The summed E-state index contributed by atoms with van der Waals surface area (Å²) in [6.45, 7) is 6.84. The van der Waals surface area contributed by atoms with Crippen molar-refractivity contribution in [3.05, 3.63) is 82.1 Å². The van der Waals surface area contributed by atoms with Gasteiger partial charge in [-0.05, 0) is 42.4 Å². The maximum atomic E-state index is 13.8. The van der Waals surface area contributed by atoms with Crippen molar-refractivity contribution < 1.29 is 18.0 Å². The zero-order valence-corrected chi connectivity index (χ0v) is 18.5. The molecule has 1 amide bonds. The summed E-state index contributed by atoms with van der Waals surface area (Å²) in [5, 5.41) is 6.65. The van der Waals surface area contributed by atoms with Crippen molar-refractivity contribution in [1.82, 2.24) is 20.0 Å². The van der Waals surface area contributed by atoms with E-state index in [2.05, 4.69) is 29.2 Å². The molecule has 0 fully saturated rings. The highest BCUT2D eigenvalue weighted by Gasteiger charge is 2.40. The van der Waals surface area contributed by atoms with Crippen LogP contribution in [-0.2, 0) is 19.3 Å². The van der Waals surface area contributed by atoms with E-state index in [-0.39, 0.29) is 17.3 Å². The van der Waals surface area contributed by atoms with Gasteiger partial charge in [0.1, 0.15) is 0 Å². The van der Waals surface area contributed by atoms with Gasteiger partial charge in [0.2, 0.25) is 0 Å². The van der Waals surface area contributed by atoms with E-state index in [1.807, 2.05) is 24.3 Å². The molecule has 3 aromatic rings. The van der Waals surface area contributed by atoms with Gasteiger partial charge in [-0.1, -0.05) is 55.8 Å². The molecule has 1 heterocycles. The van der Waals surface area contributed by atoms with Crippen LogP contribution in [0, 0.1) is 0 Å². The molecule has 0 spiro atoms. The van der Waals surface area contributed by atoms with E-state index in [1.54, 1.807) is 6.07 Å². The molecule has 2 aromatic carbocycles. The van der Waals surface area contributed by atoms with Gasteiger partial charge in [0.25, 0.3) is 5.91 Å². The van der Waals surface area contributed by atoms with Crippen LogP contribution in [0.3, 0.4) is 0 Å². The van der Waals surface area contributed by atoms with E-state index in [0.29, 0.717) is 4.68 Å². The fourth-order valence-electron chi connectivity index (χ4n) is 3.41. The third-order valence-electron chi connectivity index (χ3n) is 5.08. The Balaban J connectivity index is 1.80. The molecule has 0 aliphatic heterocycles. The minimum atomic E-state index is -4.78.